The van der Waals surface area contributed by atoms with Crippen molar-refractivity contribution in [2.45, 2.75) is 32.4 Å². The van der Waals surface area contributed by atoms with Crippen molar-refractivity contribution in [2.75, 3.05) is 19.7 Å². The summed E-state index contributed by atoms with van der Waals surface area (Å²) in [6.45, 7) is 4.59. The van der Waals surface area contributed by atoms with Crippen molar-refractivity contribution in [3.05, 3.63) is 53.3 Å². The molecule has 7 nitrogen and oxygen atoms in total. The van der Waals surface area contributed by atoms with Gasteiger partial charge < -0.3 is 19.7 Å². The van der Waals surface area contributed by atoms with Crippen molar-refractivity contribution in [3.8, 4) is 5.75 Å². The van der Waals surface area contributed by atoms with E-state index in [2.05, 4.69) is 22.3 Å². The SMILES string of the molecule is CCOC(=O)c1c(O)c(C(=O)NC2CCN(Cc3ccccc3)CC2)cn1C. The van der Waals surface area contributed by atoms with Gasteiger partial charge in [-0.15, -0.1) is 0 Å². The zero-order chi connectivity index (χ0) is 20.1. The van der Waals surface area contributed by atoms with Gasteiger partial charge in [-0.25, -0.2) is 4.79 Å². The molecule has 0 unspecified atom stereocenters. The van der Waals surface area contributed by atoms with Gasteiger partial charge in [0.2, 0.25) is 0 Å². The summed E-state index contributed by atoms with van der Waals surface area (Å²) in [6, 6.07) is 10.4. The van der Waals surface area contributed by atoms with Crippen LogP contribution in [0.1, 0.15) is 46.2 Å². The fourth-order valence-electron chi connectivity index (χ4n) is 3.56. The van der Waals surface area contributed by atoms with Gasteiger partial charge in [0.1, 0.15) is 0 Å². The second-order valence-corrected chi connectivity index (χ2v) is 7.08. The lowest BCUT2D eigenvalue weighted by molar-refractivity contribution is 0.0512. The van der Waals surface area contributed by atoms with Crippen LogP contribution in [0.15, 0.2) is 36.5 Å². The summed E-state index contributed by atoms with van der Waals surface area (Å²) in [6.07, 6.45) is 3.15. The Balaban J connectivity index is 1.56. The quantitative estimate of drug-likeness (QED) is 0.746. The molecular formula is C21H27N3O4. The Labute approximate surface area is 164 Å². The van der Waals surface area contributed by atoms with E-state index in [0.29, 0.717) is 0 Å². The van der Waals surface area contributed by atoms with Crippen LogP contribution in [-0.2, 0) is 18.3 Å². The van der Waals surface area contributed by atoms with Crippen LogP contribution in [0.2, 0.25) is 0 Å². The summed E-state index contributed by atoms with van der Waals surface area (Å²) < 4.78 is 6.36. The first kappa shape index (κ1) is 19.9. The first-order chi connectivity index (χ1) is 13.5. The number of carbonyl (C=O) groups excluding carboxylic acids is 2. The molecule has 0 atom stereocenters. The molecular weight excluding hydrogens is 358 g/mol. The van der Waals surface area contributed by atoms with Crippen molar-refractivity contribution in [3.63, 3.8) is 0 Å². The lowest BCUT2D eigenvalue weighted by Crippen LogP contribution is -2.44. The van der Waals surface area contributed by atoms with Crippen LogP contribution in [0.25, 0.3) is 0 Å². The topological polar surface area (TPSA) is 83.8 Å². The maximum Gasteiger partial charge on any atom is 0.358 e. The Morgan fingerprint density at radius 3 is 2.54 bits per heavy atom. The second kappa shape index (κ2) is 8.93. The third-order valence-corrected chi connectivity index (χ3v) is 5.04. The zero-order valence-electron chi connectivity index (χ0n) is 16.4. The average Bonchev–Trinajstić information content (AvgIpc) is 2.99. The number of hydrogen-bond donors (Lipinski definition) is 2. The molecule has 1 aliphatic heterocycles. The van der Waals surface area contributed by atoms with Gasteiger partial charge in [0, 0.05) is 38.9 Å². The summed E-state index contributed by atoms with van der Waals surface area (Å²) in [5.74, 6) is -1.35. The molecule has 2 aromatic rings. The van der Waals surface area contributed by atoms with Crippen LogP contribution >= 0.6 is 0 Å². The number of likely N-dealkylation sites (tertiary alicyclic amines) is 1. The molecule has 28 heavy (non-hydrogen) atoms. The van der Waals surface area contributed by atoms with Crippen molar-refractivity contribution >= 4 is 11.9 Å². The fraction of sp³-hybridized carbons (Fsp3) is 0.429. The van der Waals surface area contributed by atoms with Crippen molar-refractivity contribution in [1.82, 2.24) is 14.8 Å². The number of aryl methyl sites for hydroxylation is 1. The number of carbonyl (C=O) groups is 2. The van der Waals surface area contributed by atoms with Crippen molar-refractivity contribution in [2.24, 2.45) is 7.05 Å². The molecule has 0 radical (unpaired) electrons. The summed E-state index contributed by atoms with van der Waals surface area (Å²) >= 11 is 0. The third-order valence-electron chi connectivity index (χ3n) is 5.04. The van der Waals surface area contributed by atoms with Crippen LogP contribution in [-0.4, -0.2) is 52.2 Å². The molecule has 0 saturated carbocycles. The normalized spacial score (nSPS) is 15.4. The number of aromatic hydroxyl groups is 1. The summed E-state index contributed by atoms with van der Waals surface area (Å²) in [5.41, 5.74) is 1.37. The molecule has 0 aliphatic carbocycles. The predicted molar refractivity (Wildman–Crippen MR) is 105 cm³/mol. The van der Waals surface area contributed by atoms with Crippen LogP contribution in [0.3, 0.4) is 0 Å². The lowest BCUT2D eigenvalue weighted by atomic mass is 10.0. The summed E-state index contributed by atoms with van der Waals surface area (Å²) in [5, 5.41) is 13.3. The van der Waals surface area contributed by atoms with E-state index in [1.54, 1.807) is 14.0 Å². The van der Waals surface area contributed by atoms with E-state index < -0.39 is 5.97 Å². The molecule has 0 bridgehead atoms. The van der Waals surface area contributed by atoms with Crippen LogP contribution in [0, 0.1) is 0 Å². The van der Waals surface area contributed by atoms with Crippen molar-refractivity contribution < 1.29 is 19.4 Å². The predicted octanol–water partition coefficient (Wildman–Crippen LogP) is 2.30. The van der Waals surface area contributed by atoms with Gasteiger partial charge in [-0.2, -0.15) is 0 Å². The molecule has 1 aliphatic rings. The Morgan fingerprint density at radius 2 is 1.89 bits per heavy atom. The Kier molecular flexibility index (Phi) is 6.36. The molecule has 1 aromatic heterocycles. The average molecular weight is 385 g/mol. The minimum atomic E-state index is -0.643. The number of hydrogen-bond acceptors (Lipinski definition) is 5. The number of aromatic nitrogens is 1. The molecule has 7 heteroatoms. The molecule has 2 heterocycles. The maximum absolute atomic E-state index is 12.6. The van der Waals surface area contributed by atoms with E-state index >= 15 is 0 Å². The van der Waals surface area contributed by atoms with Crippen LogP contribution in [0.5, 0.6) is 5.75 Å². The van der Waals surface area contributed by atoms with Crippen LogP contribution < -0.4 is 5.32 Å². The summed E-state index contributed by atoms with van der Waals surface area (Å²) in [4.78, 5) is 26.9. The first-order valence-electron chi connectivity index (χ1n) is 9.62. The number of nitrogens with zero attached hydrogens (tertiary/aromatic N) is 2. The number of piperidine rings is 1. The highest BCUT2D eigenvalue weighted by atomic mass is 16.5. The highest BCUT2D eigenvalue weighted by Gasteiger charge is 2.27. The van der Waals surface area contributed by atoms with E-state index in [4.69, 9.17) is 4.74 Å². The number of nitrogens with one attached hydrogen (secondary N) is 1. The molecule has 1 fully saturated rings. The number of ether oxygens (including phenoxy) is 1. The Morgan fingerprint density at radius 1 is 1.21 bits per heavy atom. The van der Waals surface area contributed by atoms with Gasteiger partial charge in [0.15, 0.2) is 11.4 Å². The minimum absolute atomic E-state index is 0.00956. The summed E-state index contributed by atoms with van der Waals surface area (Å²) in [7, 11) is 1.60. The molecule has 0 spiro atoms. The number of rotatable bonds is 6. The van der Waals surface area contributed by atoms with Crippen molar-refractivity contribution in [1.29, 1.82) is 0 Å². The van der Waals surface area contributed by atoms with Gasteiger partial charge >= 0.3 is 5.97 Å². The molecule has 1 aromatic carbocycles. The second-order valence-electron chi connectivity index (χ2n) is 7.08. The van der Waals surface area contributed by atoms with Gasteiger partial charge in [-0.1, -0.05) is 30.3 Å². The van der Waals surface area contributed by atoms with E-state index in [0.717, 1.165) is 32.5 Å². The molecule has 1 saturated heterocycles. The van der Waals surface area contributed by atoms with E-state index in [9.17, 15) is 14.7 Å². The number of amides is 1. The lowest BCUT2D eigenvalue weighted by Gasteiger charge is -2.32. The highest BCUT2D eigenvalue weighted by molar-refractivity contribution is 6.02. The van der Waals surface area contributed by atoms with Gasteiger partial charge in [-0.05, 0) is 25.3 Å². The van der Waals surface area contributed by atoms with E-state index in [1.807, 2.05) is 18.2 Å². The highest BCUT2D eigenvalue weighted by Crippen LogP contribution is 2.25. The molecule has 2 N–H and O–H groups in total. The van der Waals surface area contributed by atoms with Gasteiger partial charge in [0.25, 0.3) is 5.91 Å². The standard InChI is InChI=1S/C21H27N3O4/c1-3-28-21(27)18-19(25)17(14-23(18)2)20(26)22-16-9-11-24(12-10-16)13-15-7-5-4-6-8-15/h4-8,14,16,25H,3,9-13H2,1-2H3,(H,22,26). The smallest absolute Gasteiger partial charge is 0.358 e. The maximum atomic E-state index is 12.6. The van der Waals surface area contributed by atoms with Gasteiger partial charge in [0.05, 0.1) is 12.2 Å². The number of esters is 1. The third kappa shape index (κ3) is 4.54. The fourth-order valence-corrected chi connectivity index (χ4v) is 3.56. The first-order valence-corrected chi connectivity index (χ1v) is 9.62. The monoisotopic (exact) mass is 385 g/mol. The largest absolute Gasteiger partial charge is 0.505 e. The van der Waals surface area contributed by atoms with Crippen LogP contribution in [0.4, 0.5) is 0 Å². The molecule has 150 valence electrons. The number of benzene rings is 1. The molecule has 3 rings (SSSR count). The van der Waals surface area contributed by atoms with Gasteiger partial charge in [-0.3, -0.25) is 9.69 Å². The minimum Gasteiger partial charge on any atom is -0.505 e. The van der Waals surface area contributed by atoms with E-state index in [-0.39, 0.29) is 35.6 Å². The Bertz CT molecular complexity index is 824. The molecule has 1 amide bonds. The zero-order valence-corrected chi connectivity index (χ0v) is 16.4. The Hall–Kier alpha value is -2.80. The van der Waals surface area contributed by atoms with E-state index in [1.165, 1.54) is 16.3 Å².